The molecule has 1 aromatic heterocycles. The minimum Gasteiger partial charge on any atom is -0.497 e. The summed E-state index contributed by atoms with van der Waals surface area (Å²) in [6, 6.07) is 8.20. The molecule has 3 atom stereocenters. The number of pyridine rings is 1. The Labute approximate surface area is 158 Å². The van der Waals surface area contributed by atoms with E-state index in [0.717, 1.165) is 47.9 Å². The average Bonchev–Trinajstić information content (AvgIpc) is 2.88. The molecule has 0 spiro atoms. The maximum atomic E-state index is 11.0. The first-order chi connectivity index (χ1) is 13.0. The molecule has 7 heteroatoms. The number of carboxylic acid groups (broad SMARTS) is 1. The number of methoxy groups -OCH3 is 1. The number of ether oxygens (including phenoxy) is 1. The molecular weight excluding hydrogens is 346 g/mol. The molecule has 2 unspecified atom stereocenters. The van der Waals surface area contributed by atoms with Crippen LogP contribution in [0.2, 0.25) is 0 Å². The van der Waals surface area contributed by atoms with E-state index >= 15 is 0 Å². The van der Waals surface area contributed by atoms with Crippen molar-refractivity contribution in [3.8, 4) is 5.75 Å². The third-order valence-electron chi connectivity index (χ3n) is 5.94. The van der Waals surface area contributed by atoms with E-state index in [0.29, 0.717) is 18.6 Å². The van der Waals surface area contributed by atoms with Crippen molar-refractivity contribution in [2.24, 2.45) is 0 Å². The fourth-order valence-corrected chi connectivity index (χ4v) is 4.73. The van der Waals surface area contributed by atoms with Crippen LogP contribution in [-0.2, 0) is 0 Å². The van der Waals surface area contributed by atoms with E-state index in [1.807, 2.05) is 24.3 Å². The molecule has 3 N–H and O–H groups in total. The zero-order valence-electron chi connectivity index (χ0n) is 15.3. The van der Waals surface area contributed by atoms with E-state index in [9.17, 15) is 9.90 Å². The molecule has 2 bridgehead atoms. The van der Waals surface area contributed by atoms with E-state index in [4.69, 9.17) is 9.84 Å². The number of fused-ring (bicyclic) bond motifs is 3. The lowest BCUT2D eigenvalue weighted by molar-refractivity contribution is 0.0524. The van der Waals surface area contributed by atoms with Crippen LogP contribution in [0.15, 0.2) is 30.5 Å². The van der Waals surface area contributed by atoms with Gasteiger partial charge in [0.05, 0.1) is 18.7 Å². The van der Waals surface area contributed by atoms with Crippen molar-refractivity contribution in [3.63, 3.8) is 0 Å². The molecule has 0 aliphatic carbocycles. The Bertz CT molecular complexity index is 829. The summed E-state index contributed by atoms with van der Waals surface area (Å²) < 4.78 is 5.32. The second-order valence-corrected chi connectivity index (χ2v) is 7.50. The molecule has 4 rings (SSSR count). The van der Waals surface area contributed by atoms with Gasteiger partial charge < -0.3 is 20.3 Å². The van der Waals surface area contributed by atoms with Crippen molar-refractivity contribution >= 4 is 17.0 Å². The van der Waals surface area contributed by atoms with Crippen LogP contribution in [0.25, 0.3) is 10.9 Å². The van der Waals surface area contributed by atoms with Gasteiger partial charge in [-0.15, -0.1) is 0 Å². The molecule has 1 amide bonds. The van der Waals surface area contributed by atoms with E-state index in [1.54, 1.807) is 13.3 Å². The first kappa shape index (κ1) is 18.0. The van der Waals surface area contributed by atoms with Crippen LogP contribution in [0.3, 0.4) is 0 Å². The van der Waals surface area contributed by atoms with Crippen LogP contribution < -0.4 is 10.1 Å². The molecule has 1 aromatic carbocycles. The largest absolute Gasteiger partial charge is 0.497 e. The maximum absolute atomic E-state index is 11.0. The summed E-state index contributed by atoms with van der Waals surface area (Å²) in [5.74, 6) is 0.740. The molecular formula is C20H25N3O4. The van der Waals surface area contributed by atoms with Crippen molar-refractivity contribution in [1.29, 1.82) is 0 Å². The Kier molecular flexibility index (Phi) is 4.88. The zero-order chi connectivity index (χ0) is 19.0. The number of hydrogen-bond donors (Lipinski definition) is 3. The van der Waals surface area contributed by atoms with E-state index < -0.39 is 12.2 Å². The second-order valence-electron chi connectivity index (χ2n) is 7.50. The third-order valence-corrected chi connectivity index (χ3v) is 5.94. The summed E-state index contributed by atoms with van der Waals surface area (Å²) in [7, 11) is 1.63. The van der Waals surface area contributed by atoms with Gasteiger partial charge in [-0.2, -0.15) is 0 Å². The molecule has 2 aromatic rings. The quantitative estimate of drug-likeness (QED) is 0.748. The monoisotopic (exact) mass is 371 g/mol. The fourth-order valence-electron chi connectivity index (χ4n) is 4.73. The standard InChI is InChI=1S/C20H25N3O4/c1-27-15-4-5-18-17(10-15)16(6-7-21-18)19(24)11-23-13-2-3-14(23)9-12(8-13)22-20(25)26/h4-7,10,12-14,19,22,24H,2-3,8-9,11H2,1H3,(H,25,26)/t12?,13?,14?,19-/m1/s1. The molecule has 2 fully saturated rings. The van der Waals surface area contributed by atoms with E-state index in [-0.39, 0.29) is 6.04 Å². The number of aliphatic hydroxyl groups excluding tert-OH is 1. The minimum absolute atomic E-state index is 0.0133. The van der Waals surface area contributed by atoms with E-state index in [2.05, 4.69) is 15.2 Å². The number of aromatic nitrogens is 1. The van der Waals surface area contributed by atoms with Crippen LogP contribution in [0.4, 0.5) is 4.79 Å². The highest BCUT2D eigenvalue weighted by Gasteiger charge is 2.41. The summed E-state index contributed by atoms with van der Waals surface area (Å²) in [6.45, 7) is 0.547. The molecule has 2 saturated heterocycles. The van der Waals surface area contributed by atoms with Crippen LogP contribution in [0.5, 0.6) is 5.75 Å². The summed E-state index contributed by atoms with van der Waals surface area (Å²) in [4.78, 5) is 17.7. The lowest BCUT2D eigenvalue weighted by Gasteiger charge is -2.39. The van der Waals surface area contributed by atoms with Gasteiger partial charge in [-0.25, -0.2) is 4.79 Å². The number of amides is 1. The molecule has 2 aliphatic heterocycles. The summed E-state index contributed by atoms with van der Waals surface area (Å²) in [5.41, 5.74) is 1.68. The highest BCUT2D eigenvalue weighted by atomic mass is 16.5. The Balaban J connectivity index is 1.52. The van der Waals surface area contributed by atoms with Crippen molar-refractivity contribution < 1.29 is 19.7 Å². The number of benzene rings is 1. The van der Waals surface area contributed by atoms with Crippen LogP contribution in [-0.4, -0.2) is 58.0 Å². The summed E-state index contributed by atoms with van der Waals surface area (Å²) in [5, 5.41) is 23.5. The molecule has 0 saturated carbocycles. The van der Waals surface area contributed by atoms with E-state index in [1.165, 1.54) is 0 Å². The molecule has 2 aliphatic rings. The van der Waals surface area contributed by atoms with Crippen LogP contribution in [0, 0.1) is 0 Å². The predicted molar refractivity (Wildman–Crippen MR) is 101 cm³/mol. The SMILES string of the molecule is COc1ccc2nccc([C@H](O)CN3C4CCC3CC(NC(=O)O)C4)c2c1. The topological polar surface area (TPSA) is 94.9 Å². The van der Waals surface area contributed by atoms with Crippen molar-refractivity contribution in [3.05, 3.63) is 36.0 Å². The molecule has 7 nitrogen and oxygen atoms in total. The van der Waals surface area contributed by atoms with Crippen LogP contribution in [0.1, 0.15) is 37.4 Å². The Morgan fingerprint density at radius 3 is 2.74 bits per heavy atom. The normalized spacial score (nSPS) is 26.1. The predicted octanol–water partition coefficient (Wildman–Crippen LogP) is 2.54. The van der Waals surface area contributed by atoms with Gasteiger partial charge in [-0.1, -0.05) is 0 Å². The first-order valence-corrected chi connectivity index (χ1v) is 9.41. The number of nitrogens with zero attached hydrogens (tertiary/aromatic N) is 2. The minimum atomic E-state index is -0.954. The third kappa shape index (κ3) is 3.57. The lowest BCUT2D eigenvalue weighted by atomic mass is 9.95. The van der Waals surface area contributed by atoms with Crippen molar-refractivity contribution in [1.82, 2.24) is 15.2 Å². The van der Waals surface area contributed by atoms with Crippen LogP contribution >= 0.6 is 0 Å². The average molecular weight is 371 g/mol. The number of rotatable bonds is 5. The van der Waals surface area contributed by atoms with Gasteiger partial charge in [0, 0.05) is 36.3 Å². The fraction of sp³-hybridized carbons (Fsp3) is 0.500. The van der Waals surface area contributed by atoms with Gasteiger partial charge in [-0.3, -0.25) is 9.88 Å². The number of aliphatic hydroxyl groups is 1. The molecule has 144 valence electrons. The van der Waals surface area contributed by atoms with Crippen molar-refractivity contribution in [2.75, 3.05) is 13.7 Å². The Morgan fingerprint density at radius 1 is 1.33 bits per heavy atom. The highest BCUT2D eigenvalue weighted by molar-refractivity contribution is 5.83. The highest BCUT2D eigenvalue weighted by Crippen LogP contribution is 2.37. The summed E-state index contributed by atoms with van der Waals surface area (Å²) in [6.07, 6.45) is 3.87. The zero-order valence-corrected chi connectivity index (χ0v) is 15.3. The summed E-state index contributed by atoms with van der Waals surface area (Å²) >= 11 is 0. The number of nitrogens with one attached hydrogen (secondary N) is 1. The second kappa shape index (κ2) is 7.32. The van der Waals surface area contributed by atoms with Gasteiger partial charge >= 0.3 is 6.09 Å². The molecule has 27 heavy (non-hydrogen) atoms. The first-order valence-electron chi connectivity index (χ1n) is 9.41. The van der Waals surface area contributed by atoms with Gasteiger partial charge in [0.15, 0.2) is 0 Å². The smallest absolute Gasteiger partial charge is 0.404 e. The molecule has 0 radical (unpaired) electrons. The Morgan fingerprint density at radius 2 is 2.07 bits per heavy atom. The van der Waals surface area contributed by atoms with Gasteiger partial charge in [0.2, 0.25) is 0 Å². The maximum Gasteiger partial charge on any atom is 0.404 e. The Hall–Kier alpha value is -2.38. The van der Waals surface area contributed by atoms with Gasteiger partial charge in [0.1, 0.15) is 5.75 Å². The number of piperidine rings is 1. The molecule has 3 heterocycles. The van der Waals surface area contributed by atoms with Crippen molar-refractivity contribution in [2.45, 2.75) is 49.9 Å². The number of hydrogen-bond acceptors (Lipinski definition) is 5. The number of carbonyl (C=O) groups is 1. The van der Waals surface area contributed by atoms with Gasteiger partial charge in [-0.05, 0) is 55.5 Å². The van der Waals surface area contributed by atoms with Gasteiger partial charge in [0.25, 0.3) is 0 Å². The lowest BCUT2D eigenvalue weighted by Crippen LogP contribution is -2.51.